The van der Waals surface area contributed by atoms with Gasteiger partial charge in [0, 0.05) is 37.4 Å². The van der Waals surface area contributed by atoms with E-state index in [4.69, 9.17) is 4.74 Å². The van der Waals surface area contributed by atoms with Gasteiger partial charge < -0.3 is 9.84 Å². The molecule has 1 aromatic rings. The van der Waals surface area contributed by atoms with Crippen molar-refractivity contribution in [1.82, 2.24) is 14.7 Å². The highest BCUT2D eigenvalue weighted by Gasteiger charge is 2.29. The zero-order valence-corrected chi connectivity index (χ0v) is 12.1. The Hall–Kier alpha value is -0.910. The molecule has 1 aliphatic heterocycles. The van der Waals surface area contributed by atoms with E-state index in [0.717, 1.165) is 31.6 Å². The summed E-state index contributed by atoms with van der Waals surface area (Å²) in [4.78, 5) is 2.34. The second-order valence-electron chi connectivity index (χ2n) is 5.48. The fourth-order valence-electron chi connectivity index (χ4n) is 2.45. The van der Waals surface area contributed by atoms with Gasteiger partial charge in [-0.15, -0.1) is 0 Å². The molecule has 19 heavy (non-hydrogen) atoms. The standard InChI is InChI=1S/C14H25N3O2/c1-4-5-17-9-12(8-15-17)14(18)13-10-16(11(2)3)6-7-19-13/h8-9,11,13-14,18H,4-7,10H2,1-3H3. The summed E-state index contributed by atoms with van der Waals surface area (Å²) in [5.41, 5.74) is 0.851. The summed E-state index contributed by atoms with van der Waals surface area (Å²) < 4.78 is 7.59. The van der Waals surface area contributed by atoms with Gasteiger partial charge in [0.05, 0.1) is 12.8 Å². The van der Waals surface area contributed by atoms with E-state index in [1.54, 1.807) is 6.20 Å². The Balaban J connectivity index is 1.99. The maximum absolute atomic E-state index is 10.4. The molecular formula is C14H25N3O2. The molecule has 2 unspecified atom stereocenters. The van der Waals surface area contributed by atoms with Gasteiger partial charge in [-0.05, 0) is 20.3 Å². The summed E-state index contributed by atoms with van der Waals surface area (Å²) in [7, 11) is 0. The number of aromatic nitrogens is 2. The quantitative estimate of drug-likeness (QED) is 0.877. The van der Waals surface area contributed by atoms with Gasteiger partial charge in [-0.3, -0.25) is 9.58 Å². The number of aliphatic hydroxyl groups excluding tert-OH is 1. The van der Waals surface area contributed by atoms with Crippen LogP contribution in [-0.2, 0) is 11.3 Å². The molecule has 0 radical (unpaired) electrons. The molecule has 108 valence electrons. The molecule has 5 heteroatoms. The van der Waals surface area contributed by atoms with Gasteiger partial charge >= 0.3 is 0 Å². The topological polar surface area (TPSA) is 50.5 Å². The summed E-state index contributed by atoms with van der Waals surface area (Å²) >= 11 is 0. The first kappa shape index (κ1) is 14.5. The number of hydrogen-bond donors (Lipinski definition) is 1. The minimum absolute atomic E-state index is 0.157. The third-order valence-electron chi connectivity index (χ3n) is 3.65. The van der Waals surface area contributed by atoms with E-state index in [2.05, 4.69) is 30.8 Å². The first-order valence-corrected chi connectivity index (χ1v) is 7.18. The third-order valence-corrected chi connectivity index (χ3v) is 3.65. The van der Waals surface area contributed by atoms with Crippen molar-refractivity contribution in [3.05, 3.63) is 18.0 Å². The van der Waals surface area contributed by atoms with Crippen LogP contribution in [0.1, 0.15) is 38.9 Å². The van der Waals surface area contributed by atoms with E-state index in [0.29, 0.717) is 12.6 Å². The van der Waals surface area contributed by atoms with Crippen LogP contribution >= 0.6 is 0 Å². The van der Waals surface area contributed by atoms with Crippen LogP contribution in [0.2, 0.25) is 0 Å². The monoisotopic (exact) mass is 267 g/mol. The number of ether oxygens (including phenoxy) is 1. The first-order chi connectivity index (χ1) is 9.11. The van der Waals surface area contributed by atoms with E-state index in [1.807, 2.05) is 10.9 Å². The van der Waals surface area contributed by atoms with Gasteiger partial charge in [-0.2, -0.15) is 5.10 Å². The third kappa shape index (κ3) is 3.55. The number of rotatable bonds is 5. The first-order valence-electron chi connectivity index (χ1n) is 7.18. The molecular weight excluding hydrogens is 242 g/mol. The van der Waals surface area contributed by atoms with Crippen molar-refractivity contribution < 1.29 is 9.84 Å². The molecule has 0 bridgehead atoms. The summed E-state index contributed by atoms with van der Waals surface area (Å²) in [5, 5.41) is 14.7. The summed E-state index contributed by atoms with van der Waals surface area (Å²) in [6.45, 7) is 9.75. The maximum atomic E-state index is 10.4. The van der Waals surface area contributed by atoms with Crippen LogP contribution in [0.25, 0.3) is 0 Å². The molecule has 1 fully saturated rings. The number of morpholine rings is 1. The van der Waals surface area contributed by atoms with E-state index < -0.39 is 6.10 Å². The van der Waals surface area contributed by atoms with Crippen molar-refractivity contribution >= 4 is 0 Å². The second kappa shape index (κ2) is 6.50. The Morgan fingerprint density at radius 3 is 3.00 bits per heavy atom. The minimum atomic E-state index is -0.591. The highest BCUT2D eigenvalue weighted by atomic mass is 16.5. The van der Waals surface area contributed by atoms with Crippen LogP contribution < -0.4 is 0 Å². The minimum Gasteiger partial charge on any atom is -0.386 e. The Morgan fingerprint density at radius 2 is 2.32 bits per heavy atom. The van der Waals surface area contributed by atoms with E-state index in [-0.39, 0.29) is 6.10 Å². The Kier molecular flexibility index (Phi) is 4.96. The number of aliphatic hydroxyl groups is 1. The molecule has 5 nitrogen and oxygen atoms in total. The molecule has 1 aliphatic rings. The van der Waals surface area contributed by atoms with Crippen LogP contribution in [0.15, 0.2) is 12.4 Å². The number of nitrogens with zero attached hydrogens (tertiary/aromatic N) is 3. The Morgan fingerprint density at radius 1 is 1.53 bits per heavy atom. The summed E-state index contributed by atoms with van der Waals surface area (Å²) in [6.07, 6.45) is 3.96. The smallest absolute Gasteiger partial charge is 0.109 e. The van der Waals surface area contributed by atoms with Crippen molar-refractivity contribution in [2.75, 3.05) is 19.7 Å². The van der Waals surface area contributed by atoms with Crippen LogP contribution in [0.4, 0.5) is 0 Å². The fraction of sp³-hybridized carbons (Fsp3) is 0.786. The zero-order valence-electron chi connectivity index (χ0n) is 12.1. The number of aryl methyl sites for hydroxylation is 1. The molecule has 0 spiro atoms. The predicted octanol–water partition coefficient (Wildman–Crippen LogP) is 1.44. The zero-order chi connectivity index (χ0) is 13.8. The normalized spacial score (nSPS) is 22.9. The molecule has 2 atom stereocenters. The van der Waals surface area contributed by atoms with Crippen LogP contribution in [0.5, 0.6) is 0 Å². The molecule has 1 saturated heterocycles. The Labute approximate surface area is 115 Å². The lowest BCUT2D eigenvalue weighted by atomic mass is 10.1. The van der Waals surface area contributed by atoms with Crippen molar-refractivity contribution in [3.63, 3.8) is 0 Å². The predicted molar refractivity (Wildman–Crippen MR) is 73.9 cm³/mol. The molecule has 1 aromatic heterocycles. The van der Waals surface area contributed by atoms with Crippen LogP contribution in [0.3, 0.4) is 0 Å². The van der Waals surface area contributed by atoms with Gasteiger partial charge in [-0.1, -0.05) is 6.92 Å². The van der Waals surface area contributed by atoms with E-state index >= 15 is 0 Å². The molecule has 0 aliphatic carbocycles. The van der Waals surface area contributed by atoms with Gasteiger partial charge in [0.2, 0.25) is 0 Å². The molecule has 0 saturated carbocycles. The second-order valence-corrected chi connectivity index (χ2v) is 5.48. The lowest BCUT2D eigenvalue weighted by Crippen LogP contribution is -2.47. The van der Waals surface area contributed by atoms with E-state index in [9.17, 15) is 5.11 Å². The van der Waals surface area contributed by atoms with Gasteiger partial charge in [0.25, 0.3) is 0 Å². The molecule has 0 amide bonds. The maximum Gasteiger partial charge on any atom is 0.109 e. The van der Waals surface area contributed by atoms with Crippen molar-refractivity contribution in [2.24, 2.45) is 0 Å². The fourth-order valence-corrected chi connectivity index (χ4v) is 2.45. The number of hydrogen-bond acceptors (Lipinski definition) is 4. The highest BCUT2D eigenvalue weighted by molar-refractivity contribution is 5.10. The average Bonchev–Trinajstić information content (AvgIpc) is 2.87. The SMILES string of the molecule is CCCn1cc(C(O)C2CN(C(C)C)CCO2)cn1. The highest BCUT2D eigenvalue weighted by Crippen LogP contribution is 2.22. The molecule has 2 rings (SSSR count). The van der Waals surface area contributed by atoms with Gasteiger partial charge in [-0.25, -0.2) is 0 Å². The van der Waals surface area contributed by atoms with Crippen molar-refractivity contribution in [1.29, 1.82) is 0 Å². The Bertz CT molecular complexity index is 392. The summed E-state index contributed by atoms with van der Waals surface area (Å²) in [6, 6.07) is 0.487. The lowest BCUT2D eigenvalue weighted by molar-refractivity contribution is -0.0961. The van der Waals surface area contributed by atoms with Crippen molar-refractivity contribution in [3.8, 4) is 0 Å². The van der Waals surface area contributed by atoms with Gasteiger partial charge in [0.1, 0.15) is 12.2 Å². The lowest BCUT2D eigenvalue weighted by Gasteiger charge is -2.37. The summed E-state index contributed by atoms with van der Waals surface area (Å²) in [5.74, 6) is 0. The molecule has 2 heterocycles. The molecule has 0 aromatic carbocycles. The van der Waals surface area contributed by atoms with E-state index in [1.165, 1.54) is 0 Å². The van der Waals surface area contributed by atoms with Crippen LogP contribution in [-0.4, -0.2) is 51.6 Å². The van der Waals surface area contributed by atoms with Crippen LogP contribution in [0, 0.1) is 0 Å². The average molecular weight is 267 g/mol. The van der Waals surface area contributed by atoms with Crippen molar-refractivity contribution in [2.45, 2.75) is 52.0 Å². The molecule has 1 N–H and O–H groups in total. The van der Waals surface area contributed by atoms with Gasteiger partial charge in [0.15, 0.2) is 0 Å². The largest absolute Gasteiger partial charge is 0.386 e.